The van der Waals surface area contributed by atoms with E-state index in [2.05, 4.69) is 57.0 Å². The molecule has 53 heavy (non-hydrogen) atoms. The van der Waals surface area contributed by atoms with Gasteiger partial charge in [-0.25, -0.2) is 19.3 Å². The molecule has 0 saturated heterocycles. The second kappa shape index (κ2) is 15.1. The number of aromatic amines is 1. The summed E-state index contributed by atoms with van der Waals surface area (Å²) in [5.74, 6) is -1.19. The standard InChI is InChI=1S/C34H34ClF3N10O5/c1-18-20(26(10-9-22(18)35)48-17-40-46-47-48)8-11-28(49)44-27-14-33(27)12-4-3-5-23(30(50)53-16-34(36,37)38)42-24-13-19(41-32(51)52-2)6-7-21(24)29-25(15-39)43-31(33)45-29/h6-11,13,17-18,22-23,27,42H,3-5,12,14,16H2,1-2H3,(H,41,51)(H,43,45)(H,44,49)/b11-8+/t18?,22?,23-,27?,33+/m1/s1. The molecule has 5 atom stereocenters. The largest absolute Gasteiger partial charge is 0.455 e. The number of nitrogens with one attached hydrogen (secondary N) is 4. The zero-order valence-corrected chi connectivity index (χ0v) is 29.2. The molecule has 2 aromatic heterocycles. The van der Waals surface area contributed by atoms with E-state index in [0.29, 0.717) is 42.8 Å². The van der Waals surface area contributed by atoms with E-state index < -0.39 is 36.3 Å². The fraction of sp³-hybridized carbons (Fsp3) is 0.412. The Kier molecular flexibility index (Phi) is 10.6. The Morgan fingerprint density at radius 3 is 2.79 bits per heavy atom. The third-order valence-electron chi connectivity index (χ3n) is 9.46. The number of methoxy groups -OCH3 is 1. The van der Waals surface area contributed by atoms with Crippen molar-refractivity contribution in [3.8, 4) is 17.3 Å². The number of nitriles is 1. The number of halogens is 4. The predicted molar refractivity (Wildman–Crippen MR) is 184 cm³/mol. The van der Waals surface area contributed by atoms with Crippen LogP contribution in [-0.4, -0.2) is 85.5 Å². The lowest BCUT2D eigenvalue weighted by Gasteiger charge is -2.23. The number of imidazole rings is 1. The summed E-state index contributed by atoms with van der Waals surface area (Å²) in [6, 6.07) is 5.03. The number of alkyl halides is 4. The number of anilines is 2. The van der Waals surface area contributed by atoms with Gasteiger partial charge >= 0.3 is 18.2 Å². The molecule has 0 radical (unpaired) electrons. The van der Waals surface area contributed by atoms with Crippen molar-refractivity contribution < 1.29 is 37.0 Å². The number of tetrazole rings is 1. The number of ether oxygens (including phenoxy) is 2. The van der Waals surface area contributed by atoms with Gasteiger partial charge in [-0.15, -0.1) is 16.7 Å². The summed E-state index contributed by atoms with van der Waals surface area (Å²) in [7, 11) is 1.18. The molecule has 15 nitrogen and oxygen atoms in total. The van der Waals surface area contributed by atoms with Crippen molar-refractivity contribution in [1.82, 2.24) is 35.5 Å². The van der Waals surface area contributed by atoms with Gasteiger partial charge in [0.25, 0.3) is 0 Å². The van der Waals surface area contributed by atoms with E-state index in [1.54, 1.807) is 18.2 Å². The minimum absolute atomic E-state index is 0.0143. The Balaban J connectivity index is 1.30. The third kappa shape index (κ3) is 8.19. The number of aromatic nitrogens is 6. The zero-order chi connectivity index (χ0) is 37.9. The molecule has 2 bridgehead atoms. The van der Waals surface area contributed by atoms with Crippen LogP contribution in [0.15, 0.2) is 54.4 Å². The number of esters is 1. The molecule has 6 rings (SSSR count). The van der Waals surface area contributed by atoms with Crippen LogP contribution in [-0.2, 0) is 24.5 Å². The average molecular weight is 755 g/mol. The molecule has 19 heteroatoms. The lowest BCUT2D eigenvalue weighted by atomic mass is 9.90. The Morgan fingerprint density at radius 2 is 2.08 bits per heavy atom. The smallest absolute Gasteiger partial charge is 0.422 e. The Hall–Kier alpha value is -5.70. The highest BCUT2D eigenvalue weighted by molar-refractivity contribution is 6.22. The Morgan fingerprint density at radius 1 is 1.26 bits per heavy atom. The molecule has 2 amide bonds. The molecule has 4 N–H and O–H groups in total. The van der Waals surface area contributed by atoms with Crippen LogP contribution in [0.25, 0.3) is 17.0 Å². The van der Waals surface area contributed by atoms with E-state index in [-0.39, 0.29) is 52.4 Å². The minimum Gasteiger partial charge on any atom is -0.455 e. The number of carbonyl (C=O) groups is 3. The molecular weight excluding hydrogens is 721 g/mol. The molecule has 1 aliphatic heterocycles. The van der Waals surface area contributed by atoms with Crippen molar-refractivity contribution in [3.63, 3.8) is 0 Å². The van der Waals surface area contributed by atoms with E-state index >= 15 is 0 Å². The molecule has 1 fully saturated rings. The number of hydrogen-bond acceptors (Lipinski definition) is 11. The summed E-state index contributed by atoms with van der Waals surface area (Å²) in [6.07, 6.45) is 4.56. The van der Waals surface area contributed by atoms with Crippen molar-refractivity contribution in [2.75, 3.05) is 24.4 Å². The maximum absolute atomic E-state index is 13.4. The van der Waals surface area contributed by atoms with Gasteiger partial charge in [-0.2, -0.15) is 18.4 Å². The second-order valence-electron chi connectivity index (χ2n) is 12.9. The van der Waals surface area contributed by atoms with E-state index in [0.717, 1.165) is 5.57 Å². The Bertz CT molecular complexity index is 2020. The Labute approximate surface area is 305 Å². The summed E-state index contributed by atoms with van der Waals surface area (Å²) in [4.78, 5) is 46.3. The van der Waals surface area contributed by atoms with Crippen molar-refractivity contribution in [2.24, 2.45) is 5.92 Å². The molecule has 3 heterocycles. The highest BCUT2D eigenvalue weighted by Crippen LogP contribution is 2.52. The van der Waals surface area contributed by atoms with Crippen LogP contribution in [0.1, 0.15) is 50.5 Å². The number of rotatable bonds is 7. The summed E-state index contributed by atoms with van der Waals surface area (Å²) < 4.78 is 49.7. The maximum atomic E-state index is 13.4. The molecule has 1 saturated carbocycles. The molecule has 1 spiro atoms. The number of nitrogens with zero attached hydrogens (tertiary/aromatic N) is 6. The highest BCUT2D eigenvalue weighted by Gasteiger charge is 2.58. The van der Waals surface area contributed by atoms with Crippen molar-refractivity contribution >= 4 is 46.6 Å². The van der Waals surface area contributed by atoms with Gasteiger partial charge in [0.1, 0.15) is 24.3 Å². The van der Waals surface area contributed by atoms with Gasteiger partial charge in [0.2, 0.25) is 5.91 Å². The number of fused-ring (bicyclic) bond motifs is 5. The summed E-state index contributed by atoms with van der Waals surface area (Å²) in [6.45, 7) is 0.163. The number of allylic oxidation sites excluding steroid dienone is 5. The molecule has 278 valence electrons. The van der Waals surface area contributed by atoms with E-state index in [4.69, 9.17) is 11.6 Å². The number of H-pyrrole nitrogens is 1. The van der Waals surface area contributed by atoms with Crippen molar-refractivity contribution in [1.29, 1.82) is 5.26 Å². The summed E-state index contributed by atoms with van der Waals surface area (Å²) in [5.41, 5.74) is 1.79. The quantitative estimate of drug-likeness (QED) is 0.144. The van der Waals surface area contributed by atoms with Gasteiger partial charge in [-0.05, 0) is 59.5 Å². The summed E-state index contributed by atoms with van der Waals surface area (Å²) >= 11 is 6.50. The SMILES string of the molecule is COC(=O)Nc1ccc2c(c1)N[C@@H](C(=O)OCC(F)(F)F)CCCC[C@@]1(CC1NC(=O)/C=C/C1=C(n3cnnn3)C=CC(Cl)C1C)c1nc(C#N)c-2[nH]1. The van der Waals surface area contributed by atoms with Crippen LogP contribution in [0.3, 0.4) is 0 Å². The first-order valence-corrected chi connectivity index (χ1v) is 17.0. The van der Waals surface area contributed by atoms with Crippen LogP contribution < -0.4 is 16.0 Å². The van der Waals surface area contributed by atoms with Gasteiger partial charge < -0.3 is 25.1 Å². The first kappa shape index (κ1) is 37.1. The monoisotopic (exact) mass is 754 g/mol. The molecule has 1 aromatic carbocycles. The third-order valence-corrected chi connectivity index (χ3v) is 9.99. The molecule has 3 unspecified atom stereocenters. The zero-order valence-electron chi connectivity index (χ0n) is 28.4. The lowest BCUT2D eigenvalue weighted by molar-refractivity contribution is -0.186. The van der Waals surface area contributed by atoms with Crippen molar-refractivity contribution in [3.05, 3.63) is 65.9 Å². The van der Waals surface area contributed by atoms with E-state index in [9.17, 15) is 32.8 Å². The van der Waals surface area contributed by atoms with Crippen LogP contribution in [0.2, 0.25) is 0 Å². The van der Waals surface area contributed by atoms with E-state index in [1.807, 2.05) is 13.0 Å². The molecule has 3 aromatic rings. The number of amides is 2. The fourth-order valence-corrected chi connectivity index (χ4v) is 6.81. The van der Waals surface area contributed by atoms with E-state index in [1.165, 1.54) is 36.3 Å². The first-order valence-electron chi connectivity index (χ1n) is 16.6. The number of benzene rings is 1. The molecule has 3 aliphatic rings. The van der Waals surface area contributed by atoms with Crippen LogP contribution in [0, 0.1) is 17.2 Å². The van der Waals surface area contributed by atoms with Crippen molar-refractivity contribution in [2.45, 2.75) is 68.1 Å². The number of carbonyl (C=O) groups excluding carboxylic acids is 3. The molecular formula is C34H34ClF3N10O5. The van der Waals surface area contributed by atoms with Gasteiger partial charge in [-0.3, -0.25) is 10.1 Å². The highest BCUT2D eigenvalue weighted by atomic mass is 35.5. The predicted octanol–water partition coefficient (Wildman–Crippen LogP) is 4.98. The van der Waals surface area contributed by atoms with Gasteiger partial charge in [-0.1, -0.05) is 31.9 Å². The van der Waals surface area contributed by atoms with Gasteiger partial charge in [0, 0.05) is 35.0 Å². The maximum Gasteiger partial charge on any atom is 0.422 e. The van der Waals surface area contributed by atoms with Gasteiger partial charge in [0.15, 0.2) is 12.3 Å². The molecule has 2 aliphatic carbocycles. The fourth-order valence-electron chi connectivity index (χ4n) is 6.60. The average Bonchev–Trinajstić information content (AvgIpc) is 3.44. The normalized spacial score (nSPS) is 23.9. The first-order chi connectivity index (χ1) is 25.3. The summed E-state index contributed by atoms with van der Waals surface area (Å²) in [5, 5.41) is 29.7. The van der Waals surface area contributed by atoms with Crippen LogP contribution in [0.5, 0.6) is 0 Å². The van der Waals surface area contributed by atoms with Gasteiger partial charge in [0.05, 0.1) is 29.3 Å². The minimum atomic E-state index is -4.73. The number of hydrogen-bond donors (Lipinski definition) is 4. The lowest BCUT2D eigenvalue weighted by Crippen LogP contribution is -2.34. The van der Waals surface area contributed by atoms with Crippen LogP contribution in [0.4, 0.5) is 29.3 Å². The topological polar surface area (TPSA) is 202 Å². The second-order valence-corrected chi connectivity index (χ2v) is 13.4. The van der Waals surface area contributed by atoms with Crippen LogP contribution >= 0.6 is 11.6 Å².